The van der Waals surface area contributed by atoms with E-state index in [-0.39, 0.29) is 5.91 Å². The highest BCUT2D eigenvalue weighted by molar-refractivity contribution is 9.10. The number of rotatable bonds is 6. The molecule has 5 nitrogen and oxygen atoms in total. The number of carbonyl (C=O) groups is 1. The third-order valence-electron chi connectivity index (χ3n) is 5.28. The minimum Gasteiger partial charge on any atom is -0.379 e. The molecule has 0 bridgehead atoms. The van der Waals surface area contributed by atoms with Gasteiger partial charge >= 0.3 is 0 Å². The lowest BCUT2D eigenvalue weighted by Gasteiger charge is -2.27. The average Bonchev–Trinajstić information content (AvgIpc) is 3.19. The van der Waals surface area contributed by atoms with Crippen molar-refractivity contribution >= 4 is 60.1 Å². The molecule has 0 atom stereocenters. The maximum absolute atomic E-state index is 13.5. The molecule has 0 aliphatic carbocycles. The highest BCUT2D eigenvalue weighted by Crippen LogP contribution is 2.34. The van der Waals surface area contributed by atoms with E-state index < -0.39 is 0 Å². The number of hydrogen-bond acceptors (Lipinski definition) is 5. The summed E-state index contributed by atoms with van der Waals surface area (Å²) < 4.78 is 7.25. The van der Waals surface area contributed by atoms with Crippen molar-refractivity contribution in [1.82, 2.24) is 9.88 Å². The summed E-state index contributed by atoms with van der Waals surface area (Å²) in [5, 5.41) is 1.40. The zero-order chi connectivity index (χ0) is 21.1. The van der Waals surface area contributed by atoms with Crippen LogP contribution >= 0.6 is 38.9 Å². The standard InChI is InChI=1S/C22H23BrClN3O2S/c1-15-18(24)7-8-19-20(15)25-22(30-19)27(10-4-9-26-11-13-29-14-12-26)21(28)16-5-2-3-6-17(16)23/h2-3,5-8H,4,9-14H2,1H3. The highest BCUT2D eigenvalue weighted by atomic mass is 79.9. The molecule has 1 aliphatic heterocycles. The molecule has 1 aromatic heterocycles. The van der Waals surface area contributed by atoms with Crippen molar-refractivity contribution in [2.24, 2.45) is 0 Å². The predicted octanol–water partition coefficient (Wildman–Crippen LogP) is 5.39. The van der Waals surface area contributed by atoms with Gasteiger partial charge < -0.3 is 4.74 Å². The fourth-order valence-electron chi connectivity index (χ4n) is 3.55. The van der Waals surface area contributed by atoms with E-state index in [2.05, 4.69) is 20.8 Å². The predicted molar refractivity (Wildman–Crippen MR) is 127 cm³/mol. The number of aryl methyl sites for hydroxylation is 1. The third-order valence-corrected chi connectivity index (χ3v) is 7.42. The van der Waals surface area contributed by atoms with Gasteiger partial charge in [0.2, 0.25) is 0 Å². The van der Waals surface area contributed by atoms with Gasteiger partial charge in [0.05, 0.1) is 29.0 Å². The van der Waals surface area contributed by atoms with Crippen LogP contribution < -0.4 is 4.90 Å². The van der Waals surface area contributed by atoms with Gasteiger partial charge in [-0.1, -0.05) is 35.1 Å². The molecule has 0 saturated carbocycles. The number of morpholine rings is 1. The second kappa shape index (κ2) is 9.75. The van der Waals surface area contributed by atoms with Gasteiger partial charge in [-0.2, -0.15) is 0 Å². The summed E-state index contributed by atoms with van der Waals surface area (Å²) >= 11 is 11.3. The van der Waals surface area contributed by atoms with Crippen molar-refractivity contribution < 1.29 is 9.53 Å². The van der Waals surface area contributed by atoms with Crippen LogP contribution in [0, 0.1) is 6.92 Å². The van der Waals surface area contributed by atoms with Gasteiger partial charge in [0.1, 0.15) is 0 Å². The number of anilines is 1. The van der Waals surface area contributed by atoms with E-state index >= 15 is 0 Å². The molecule has 1 fully saturated rings. The van der Waals surface area contributed by atoms with Crippen LogP contribution in [0.25, 0.3) is 10.2 Å². The molecule has 1 aliphatic rings. The van der Waals surface area contributed by atoms with Gasteiger partial charge in [-0.05, 0) is 59.1 Å². The topological polar surface area (TPSA) is 45.7 Å². The Hall–Kier alpha value is -1.51. The van der Waals surface area contributed by atoms with Gasteiger partial charge in [0.15, 0.2) is 5.13 Å². The van der Waals surface area contributed by atoms with Crippen LogP contribution in [-0.2, 0) is 4.74 Å². The van der Waals surface area contributed by atoms with Crippen molar-refractivity contribution in [3.63, 3.8) is 0 Å². The molecule has 0 unspecified atom stereocenters. The molecule has 1 saturated heterocycles. The Morgan fingerprint density at radius 1 is 1.27 bits per heavy atom. The Bertz CT molecular complexity index is 1050. The Morgan fingerprint density at radius 3 is 2.80 bits per heavy atom. The van der Waals surface area contributed by atoms with Crippen LogP contribution in [0.5, 0.6) is 0 Å². The van der Waals surface area contributed by atoms with Crippen LogP contribution in [0.1, 0.15) is 22.3 Å². The fourth-order valence-corrected chi connectivity index (χ4v) is 5.20. The number of carbonyl (C=O) groups excluding carboxylic acids is 1. The second-order valence-electron chi connectivity index (χ2n) is 7.26. The maximum atomic E-state index is 13.5. The first-order valence-corrected chi connectivity index (χ1v) is 12.0. The van der Waals surface area contributed by atoms with Crippen molar-refractivity contribution in [3.05, 3.63) is 57.0 Å². The lowest BCUT2D eigenvalue weighted by molar-refractivity contribution is 0.0376. The van der Waals surface area contributed by atoms with E-state index in [1.807, 2.05) is 43.3 Å². The van der Waals surface area contributed by atoms with Crippen LogP contribution in [0.4, 0.5) is 5.13 Å². The Labute approximate surface area is 193 Å². The van der Waals surface area contributed by atoms with Crippen LogP contribution in [0.2, 0.25) is 5.02 Å². The van der Waals surface area contributed by atoms with E-state index in [1.54, 1.807) is 4.90 Å². The summed E-state index contributed by atoms with van der Waals surface area (Å²) in [6.45, 7) is 6.93. The average molecular weight is 509 g/mol. The minimum atomic E-state index is -0.0488. The first-order chi connectivity index (χ1) is 14.5. The Balaban J connectivity index is 1.62. The molecular weight excluding hydrogens is 486 g/mol. The third kappa shape index (κ3) is 4.70. The summed E-state index contributed by atoms with van der Waals surface area (Å²) in [4.78, 5) is 22.5. The first-order valence-electron chi connectivity index (χ1n) is 9.97. The van der Waals surface area contributed by atoms with Gasteiger partial charge in [-0.3, -0.25) is 14.6 Å². The summed E-state index contributed by atoms with van der Waals surface area (Å²) in [5.41, 5.74) is 2.44. The molecule has 30 heavy (non-hydrogen) atoms. The van der Waals surface area contributed by atoms with E-state index in [9.17, 15) is 4.79 Å². The van der Waals surface area contributed by atoms with Crippen LogP contribution in [0.15, 0.2) is 40.9 Å². The lowest BCUT2D eigenvalue weighted by Crippen LogP contribution is -2.39. The number of benzene rings is 2. The van der Waals surface area contributed by atoms with Crippen molar-refractivity contribution in [2.45, 2.75) is 13.3 Å². The van der Waals surface area contributed by atoms with Gasteiger partial charge in [-0.25, -0.2) is 4.98 Å². The number of aromatic nitrogens is 1. The first kappa shape index (κ1) is 21.7. The zero-order valence-electron chi connectivity index (χ0n) is 16.7. The molecule has 2 heterocycles. The maximum Gasteiger partial charge on any atom is 0.261 e. The van der Waals surface area contributed by atoms with Crippen molar-refractivity contribution in [1.29, 1.82) is 0 Å². The monoisotopic (exact) mass is 507 g/mol. The van der Waals surface area contributed by atoms with Crippen molar-refractivity contribution in [3.8, 4) is 0 Å². The number of hydrogen-bond donors (Lipinski definition) is 0. The highest BCUT2D eigenvalue weighted by Gasteiger charge is 2.24. The van der Waals surface area contributed by atoms with E-state index in [4.69, 9.17) is 21.3 Å². The molecule has 158 valence electrons. The smallest absolute Gasteiger partial charge is 0.261 e. The number of amides is 1. The molecule has 0 spiro atoms. The SMILES string of the molecule is Cc1c(Cl)ccc2sc(N(CCCN3CCOCC3)C(=O)c3ccccc3Br)nc12. The minimum absolute atomic E-state index is 0.0488. The Kier molecular flexibility index (Phi) is 7.05. The molecule has 4 rings (SSSR count). The normalized spacial score (nSPS) is 14.9. The zero-order valence-corrected chi connectivity index (χ0v) is 19.9. The van der Waals surface area contributed by atoms with Gasteiger partial charge in [0.25, 0.3) is 5.91 Å². The number of fused-ring (bicyclic) bond motifs is 1. The molecule has 8 heteroatoms. The molecule has 2 aromatic carbocycles. The molecule has 0 radical (unpaired) electrons. The lowest BCUT2D eigenvalue weighted by atomic mass is 10.2. The van der Waals surface area contributed by atoms with E-state index in [1.165, 1.54) is 11.3 Å². The van der Waals surface area contributed by atoms with Gasteiger partial charge in [-0.15, -0.1) is 0 Å². The van der Waals surface area contributed by atoms with Gasteiger partial charge in [0, 0.05) is 35.7 Å². The molecule has 1 amide bonds. The number of halogens is 2. The summed E-state index contributed by atoms with van der Waals surface area (Å²) in [6.07, 6.45) is 0.867. The Morgan fingerprint density at radius 2 is 2.03 bits per heavy atom. The van der Waals surface area contributed by atoms with Crippen LogP contribution in [0.3, 0.4) is 0 Å². The molecular formula is C22H23BrClN3O2S. The van der Waals surface area contributed by atoms with Crippen molar-refractivity contribution in [2.75, 3.05) is 44.3 Å². The second-order valence-corrected chi connectivity index (χ2v) is 9.53. The summed E-state index contributed by atoms with van der Waals surface area (Å²) in [5.74, 6) is -0.0488. The number of nitrogens with zero attached hydrogens (tertiary/aromatic N) is 3. The fraction of sp³-hybridized carbons (Fsp3) is 0.364. The summed E-state index contributed by atoms with van der Waals surface area (Å²) in [7, 11) is 0. The van der Waals surface area contributed by atoms with E-state index in [0.29, 0.717) is 22.3 Å². The number of ether oxygens (including phenoxy) is 1. The summed E-state index contributed by atoms with van der Waals surface area (Å²) in [6, 6.07) is 11.4. The largest absolute Gasteiger partial charge is 0.379 e. The quantitative estimate of drug-likeness (QED) is 0.448. The van der Waals surface area contributed by atoms with Crippen LogP contribution in [-0.4, -0.2) is 55.2 Å². The molecule has 0 N–H and O–H groups in total. The number of thiazole rings is 1. The molecule has 3 aromatic rings. The van der Waals surface area contributed by atoms with E-state index in [0.717, 1.165) is 59.5 Å².